The number of para-hydroxylation sites is 1. The molecule has 0 saturated heterocycles. The summed E-state index contributed by atoms with van der Waals surface area (Å²) in [5.74, 6) is 0.0509. The summed E-state index contributed by atoms with van der Waals surface area (Å²) in [6.45, 7) is 2.22. The average molecular weight is 445 g/mol. The van der Waals surface area contributed by atoms with Crippen LogP contribution in [0.3, 0.4) is 0 Å². The van der Waals surface area contributed by atoms with E-state index in [0.717, 1.165) is 37.0 Å². The van der Waals surface area contributed by atoms with Crippen molar-refractivity contribution in [3.63, 3.8) is 0 Å². The van der Waals surface area contributed by atoms with Gasteiger partial charge in [0.2, 0.25) is 0 Å². The Kier molecular flexibility index (Phi) is 12.7. The minimum atomic E-state index is -4.40. The van der Waals surface area contributed by atoms with Gasteiger partial charge in [0.1, 0.15) is 11.5 Å². The van der Waals surface area contributed by atoms with E-state index in [2.05, 4.69) is 6.92 Å². The summed E-state index contributed by atoms with van der Waals surface area (Å²) >= 11 is 0. The van der Waals surface area contributed by atoms with Gasteiger partial charge in [0.05, 0.1) is 4.90 Å². The van der Waals surface area contributed by atoms with E-state index in [4.69, 9.17) is 9.29 Å². The second-order valence-electron chi connectivity index (χ2n) is 7.02. The van der Waals surface area contributed by atoms with Gasteiger partial charge in [-0.15, -0.1) is 0 Å². The van der Waals surface area contributed by atoms with Crippen molar-refractivity contribution >= 4 is 10.1 Å². The first-order valence-corrected chi connectivity index (χ1v) is 11.4. The summed E-state index contributed by atoms with van der Waals surface area (Å²) in [4.78, 5) is -0.433. The van der Waals surface area contributed by atoms with Crippen LogP contribution in [0.5, 0.6) is 17.2 Å². The molecule has 2 aromatic rings. The Morgan fingerprint density at radius 2 is 1.52 bits per heavy atom. The quantitative estimate of drug-likeness (QED) is 0.309. The third-order valence-electron chi connectivity index (χ3n) is 4.71. The summed E-state index contributed by atoms with van der Waals surface area (Å²) in [6.07, 6.45) is 10.8. The molecule has 154 valence electrons. The van der Waals surface area contributed by atoms with Crippen molar-refractivity contribution in [1.82, 2.24) is 0 Å². The number of aryl methyl sites for hydroxylation is 1. The van der Waals surface area contributed by atoms with Gasteiger partial charge in [0.15, 0.2) is 0 Å². The molecular formula is C22H29KO5S. The molecule has 0 unspecified atom stereocenters. The third kappa shape index (κ3) is 9.51. The average Bonchev–Trinajstić information content (AvgIpc) is 2.66. The number of ether oxygens (including phenoxy) is 1. The van der Waals surface area contributed by atoms with Gasteiger partial charge in [0, 0.05) is 0 Å². The second-order valence-corrected chi connectivity index (χ2v) is 8.44. The summed E-state index contributed by atoms with van der Waals surface area (Å²) in [5.41, 5.74) is 1.02. The van der Waals surface area contributed by atoms with Crippen LogP contribution in [-0.2, 0) is 16.5 Å². The van der Waals surface area contributed by atoms with Crippen LogP contribution < -0.4 is 61.2 Å². The molecular weight excluding hydrogens is 415 g/mol. The Hall–Kier alpha value is -0.414. The van der Waals surface area contributed by atoms with Crippen LogP contribution in [0.4, 0.5) is 0 Å². The van der Waals surface area contributed by atoms with Gasteiger partial charge >= 0.3 is 51.4 Å². The van der Waals surface area contributed by atoms with Gasteiger partial charge in [-0.3, -0.25) is 4.55 Å². The maximum absolute atomic E-state index is 12.1. The molecule has 0 spiro atoms. The van der Waals surface area contributed by atoms with Gasteiger partial charge in [-0.25, -0.2) is 0 Å². The minimum absolute atomic E-state index is 0. The molecule has 0 bridgehead atoms. The first-order chi connectivity index (χ1) is 13.4. The van der Waals surface area contributed by atoms with Gasteiger partial charge in [0.25, 0.3) is 10.1 Å². The Morgan fingerprint density at radius 1 is 0.897 bits per heavy atom. The second kappa shape index (κ2) is 13.8. The predicted molar refractivity (Wildman–Crippen MR) is 109 cm³/mol. The number of rotatable bonds is 12. The van der Waals surface area contributed by atoms with Crippen LogP contribution in [0, 0.1) is 0 Å². The van der Waals surface area contributed by atoms with Gasteiger partial charge in [-0.2, -0.15) is 8.42 Å². The number of hydrogen-bond donors (Lipinski definition) is 1. The Balaban J connectivity index is 0.00000420. The van der Waals surface area contributed by atoms with Crippen molar-refractivity contribution in [2.45, 2.75) is 69.6 Å². The fourth-order valence-electron chi connectivity index (χ4n) is 3.11. The molecule has 0 aliphatic rings. The molecule has 1 N–H and O–H groups in total. The molecule has 5 nitrogen and oxygen atoms in total. The fourth-order valence-corrected chi connectivity index (χ4v) is 3.61. The van der Waals surface area contributed by atoms with Gasteiger partial charge < -0.3 is 9.84 Å². The van der Waals surface area contributed by atoms with E-state index in [-0.39, 0.29) is 57.1 Å². The summed E-state index contributed by atoms with van der Waals surface area (Å²) in [6, 6.07) is 10.9. The normalized spacial score (nSPS) is 11.1. The first kappa shape index (κ1) is 26.6. The largest absolute Gasteiger partial charge is 1.00 e. The van der Waals surface area contributed by atoms with Crippen LogP contribution in [0.25, 0.3) is 0 Å². The Labute approximate surface area is 217 Å². The van der Waals surface area contributed by atoms with Crippen LogP contribution >= 0.6 is 0 Å². The van der Waals surface area contributed by atoms with E-state index in [9.17, 15) is 13.5 Å². The molecule has 7 heteroatoms. The SMILES string of the molecule is CCCCCCCCCCc1ccccc1Oc1ccc(S(=O)(=O)O)cc1[O-].[K+]. The smallest absolute Gasteiger partial charge is 0.870 e. The number of hydrogen-bond acceptors (Lipinski definition) is 4. The van der Waals surface area contributed by atoms with E-state index in [1.54, 1.807) is 6.07 Å². The van der Waals surface area contributed by atoms with E-state index >= 15 is 0 Å². The van der Waals surface area contributed by atoms with Crippen molar-refractivity contribution in [3.8, 4) is 17.2 Å². The Morgan fingerprint density at radius 3 is 2.14 bits per heavy atom. The molecule has 2 rings (SSSR count). The molecule has 0 radical (unpaired) electrons. The van der Waals surface area contributed by atoms with Crippen molar-refractivity contribution in [2.24, 2.45) is 0 Å². The van der Waals surface area contributed by atoms with Gasteiger partial charge in [-0.1, -0.05) is 75.8 Å². The zero-order chi connectivity index (χ0) is 20.4. The van der Waals surface area contributed by atoms with Crippen molar-refractivity contribution < 1.29 is 74.2 Å². The van der Waals surface area contributed by atoms with Gasteiger partial charge in [-0.05, 0) is 42.7 Å². The summed E-state index contributed by atoms with van der Waals surface area (Å²) in [7, 11) is -4.40. The van der Waals surface area contributed by atoms with Crippen LogP contribution in [0.1, 0.15) is 63.9 Å². The number of unbranched alkanes of at least 4 members (excludes halogenated alkanes) is 7. The van der Waals surface area contributed by atoms with E-state index in [0.29, 0.717) is 5.75 Å². The molecule has 2 aromatic carbocycles. The monoisotopic (exact) mass is 444 g/mol. The molecule has 0 aliphatic carbocycles. The maximum atomic E-state index is 12.1. The van der Waals surface area contributed by atoms with E-state index < -0.39 is 20.8 Å². The van der Waals surface area contributed by atoms with Crippen molar-refractivity contribution in [2.75, 3.05) is 0 Å². The molecule has 0 aliphatic heterocycles. The number of benzene rings is 2. The van der Waals surface area contributed by atoms with E-state index in [1.165, 1.54) is 44.6 Å². The molecule has 0 atom stereocenters. The topological polar surface area (TPSA) is 86.7 Å². The standard InChI is InChI=1S/C22H30O5S.K/c1-2-3-4-5-6-7-8-9-12-18-13-10-11-14-21(18)27-22-16-15-19(17-20(22)23)28(24,25)26;/h10-11,13-17,23H,2-9,12H2,1H3,(H,24,25,26);/q;+1/p-1. The fraction of sp³-hybridized carbons (Fsp3) is 0.455. The molecule has 0 heterocycles. The first-order valence-electron chi connectivity index (χ1n) is 9.96. The maximum Gasteiger partial charge on any atom is 1.00 e. The molecule has 0 fully saturated rings. The molecule has 0 aromatic heterocycles. The third-order valence-corrected chi connectivity index (χ3v) is 5.55. The summed E-state index contributed by atoms with van der Waals surface area (Å²) < 4.78 is 37.0. The molecule has 0 saturated carbocycles. The summed E-state index contributed by atoms with van der Waals surface area (Å²) in [5, 5.41) is 12.1. The van der Waals surface area contributed by atoms with Crippen LogP contribution in [0.15, 0.2) is 47.4 Å². The predicted octanol–water partition coefficient (Wildman–Crippen LogP) is 2.49. The van der Waals surface area contributed by atoms with Crippen LogP contribution in [0.2, 0.25) is 0 Å². The molecule has 29 heavy (non-hydrogen) atoms. The molecule has 0 amide bonds. The Bertz CT molecular complexity index is 852. The zero-order valence-corrected chi connectivity index (χ0v) is 21.3. The van der Waals surface area contributed by atoms with Crippen LogP contribution in [-0.4, -0.2) is 13.0 Å². The minimum Gasteiger partial charge on any atom is -0.870 e. The zero-order valence-electron chi connectivity index (χ0n) is 17.4. The van der Waals surface area contributed by atoms with E-state index in [1.807, 2.05) is 18.2 Å². The van der Waals surface area contributed by atoms with Crippen molar-refractivity contribution in [3.05, 3.63) is 48.0 Å². The van der Waals surface area contributed by atoms with Crippen molar-refractivity contribution in [1.29, 1.82) is 0 Å².